The number of halogens is 2. The Balaban J connectivity index is 1.94. The molecule has 0 saturated heterocycles. The lowest BCUT2D eigenvalue weighted by Gasteiger charge is -2.13. The third-order valence-corrected chi connectivity index (χ3v) is 5.67. The van der Waals surface area contributed by atoms with Gasteiger partial charge in [0.05, 0.1) is 35.5 Å². The average Bonchev–Trinajstić information content (AvgIpc) is 2.80. The van der Waals surface area contributed by atoms with Crippen molar-refractivity contribution in [1.82, 2.24) is 15.2 Å². The molecule has 9 heteroatoms. The second-order valence-electron chi connectivity index (χ2n) is 6.92. The lowest BCUT2D eigenvalue weighted by atomic mass is 9.99. The summed E-state index contributed by atoms with van der Waals surface area (Å²) < 4.78 is 10.7. The highest BCUT2D eigenvalue weighted by Gasteiger charge is 2.17. The van der Waals surface area contributed by atoms with Crippen molar-refractivity contribution in [1.29, 1.82) is 0 Å². The Morgan fingerprint density at radius 1 is 0.938 bits per heavy atom. The van der Waals surface area contributed by atoms with Crippen LogP contribution in [0, 0.1) is 0 Å². The second-order valence-corrected chi connectivity index (χ2v) is 7.74. The van der Waals surface area contributed by atoms with Gasteiger partial charge in [0.1, 0.15) is 17.2 Å². The van der Waals surface area contributed by atoms with Crippen LogP contribution in [0.1, 0.15) is 21.6 Å². The Bertz CT molecular complexity index is 1320. The number of pyridine rings is 1. The van der Waals surface area contributed by atoms with Crippen LogP contribution in [0.2, 0.25) is 10.0 Å². The van der Waals surface area contributed by atoms with Crippen LogP contribution in [-0.2, 0) is 6.42 Å². The summed E-state index contributed by atoms with van der Waals surface area (Å²) in [5.41, 5.74) is 2.48. The van der Waals surface area contributed by atoms with E-state index in [-0.39, 0.29) is 5.56 Å². The van der Waals surface area contributed by atoms with E-state index in [0.717, 1.165) is 10.8 Å². The maximum Gasteiger partial charge on any atom is 0.335 e. The van der Waals surface area contributed by atoms with Gasteiger partial charge in [-0.15, -0.1) is 5.10 Å². The van der Waals surface area contributed by atoms with Gasteiger partial charge in [-0.1, -0.05) is 23.2 Å². The SMILES string of the molecule is COc1cc(C(=O)O)cc(-c2nnc(Cc3c(Cl)cncc3Cl)c3ccc(OC)cc23)c1. The van der Waals surface area contributed by atoms with Gasteiger partial charge in [0.25, 0.3) is 0 Å². The molecule has 0 fully saturated rings. The van der Waals surface area contributed by atoms with Gasteiger partial charge in [-0.2, -0.15) is 5.10 Å². The van der Waals surface area contributed by atoms with E-state index in [1.807, 2.05) is 18.2 Å². The number of aromatic nitrogens is 3. The number of hydrogen-bond donors (Lipinski definition) is 1. The molecule has 7 nitrogen and oxygen atoms in total. The van der Waals surface area contributed by atoms with Crippen LogP contribution in [0.5, 0.6) is 11.5 Å². The molecule has 0 amide bonds. The summed E-state index contributed by atoms with van der Waals surface area (Å²) >= 11 is 12.6. The van der Waals surface area contributed by atoms with Gasteiger partial charge in [0.2, 0.25) is 0 Å². The van der Waals surface area contributed by atoms with Gasteiger partial charge in [0.15, 0.2) is 0 Å². The highest BCUT2D eigenvalue weighted by molar-refractivity contribution is 6.35. The minimum atomic E-state index is -1.07. The number of methoxy groups -OCH3 is 2. The molecular weight excluding hydrogens is 453 g/mol. The first-order valence-corrected chi connectivity index (χ1v) is 10.2. The fourth-order valence-corrected chi connectivity index (χ4v) is 3.91. The smallest absolute Gasteiger partial charge is 0.335 e. The van der Waals surface area contributed by atoms with Crippen molar-refractivity contribution in [2.75, 3.05) is 14.2 Å². The summed E-state index contributed by atoms with van der Waals surface area (Å²) in [6.07, 6.45) is 3.40. The summed E-state index contributed by atoms with van der Waals surface area (Å²) in [6.45, 7) is 0. The first-order valence-electron chi connectivity index (χ1n) is 9.45. The summed E-state index contributed by atoms with van der Waals surface area (Å²) in [7, 11) is 3.05. The molecule has 2 aromatic carbocycles. The lowest BCUT2D eigenvalue weighted by molar-refractivity contribution is 0.0696. The van der Waals surface area contributed by atoms with Crippen molar-refractivity contribution in [3.05, 3.63) is 75.7 Å². The summed E-state index contributed by atoms with van der Waals surface area (Å²) in [5, 5.41) is 20.8. The molecule has 4 aromatic rings. The molecule has 0 aliphatic carbocycles. The highest BCUT2D eigenvalue weighted by Crippen LogP contribution is 2.35. The van der Waals surface area contributed by atoms with Crippen LogP contribution in [0.25, 0.3) is 22.0 Å². The fourth-order valence-electron chi connectivity index (χ4n) is 3.41. The van der Waals surface area contributed by atoms with Crippen LogP contribution in [0.4, 0.5) is 0 Å². The predicted octanol–water partition coefficient (Wildman–Crippen LogP) is 5.30. The summed E-state index contributed by atoms with van der Waals surface area (Å²) in [4.78, 5) is 15.6. The number of ether oxygens (including phenoxy) is 2. The molecule has 0 bridgehead atoms. The van der Waals surface area contributed by atoms with Crippen LogP contribution >= 0.6 is 23.2 Å². The Kier molecular flexibility index (Phi) is 6.12. The molecule has 0 saturated carbocycles. The number of carboxylic acid groups (broad SMARTS) is 1. The average molecular weight is 470 g/mol. The number of rotatable bonds is 6. The van der Waals surface area contributed by atoms with E-state index in [1.165, 1.54) is 31.6 Å². The van der Waals surface area contributed by atoms with Crippen LogP contribution < -0.4 is 9.47 Å². The fraction of sp³-hybridized carbons (Fsp3) is 0.130. The maximum atomic E-state index is 11.6. The Morgan fingerprint density at radius 3 is 2.31 bits per heavy atom. The van der Waals surface area contributed by atoms with Crippen molar-refractivity contribution in [2.24, 2.45) is 0 Å². The zero-order chi connectivity index (χ0) is 22.8. The molecule has 4 rings (SSSR count). The van der Waals surface area contributed by atoms with Crippen molar-refractivity contribution in [2.45, 2.75) is 6.42 Å². The zero-order valence-electron chi connectivity index (χ0n) is 17.1. The van der Waals surface area contributed by atoms with Crippen molar-refractivity contribution in [3.63, 3.8) is 0 Å². The molecular formula is C23H17Cl2N3O4. The standard InChI is InChI=1S/C23H17Cl2N3O4/c1-31-14-3-4-16-17(8-14)22(12-5-13(23(29)30)7-15(6-12)32-2)28-27-21(16)9-18-19(24)10-26-11-20(18)25/h3-8,10-11H,9H2,1-2H3,(H,29,30). The molecule has 0 spiro atoms. The second kappa shape index (κ2) is 8.98. The van der Waals surface area contributed by atoms with Gasteiger partial charge in [-0.25, -0.2) is 4.79 Å². The molecule has 0 atom stereocenters. The molecule has 0 aliphatic rings. The van der Waals surface area contributed by atoms with Crippen LogP contribution in [0.15, 0.2) is 48.8 Å². The highest BCUT2D eigenvalue weighted by atomic mass is 35.5. The van der Waals surface area contributed by atoms with Gasteiger partial charge >= 0.3 is 5.97 Å². The Morgan fingerprint density at radius 2 is 1.66 bits per heavy atom. The van der Waals surface area contributed by atoms with E-state index < -0.39 is 5.97 Å². The molecule has 0 unspecified atom stereocenters. The first-order chi connectivity index (χ1) is 15.4. The monoisotopic (exact) mass is 469 g/mol. The third-order valence-electron chi connectivity index (χ3n) is 5.02. The first kappa shape index (κ1) is 21.8. The molecule has 0 aliphatic heterocycles. The predicted molar refractivity (Wildman–Crippen MR) is 122 cm³/mol. The lowest BCUT2D eigenvalue weighted by Crippen LogP contribution is -2.02. The molecule has 1 N–H and O–H groups in total. The van der Waals surface area contributed by atoms with Gasteiger partial charge < -0.3 is 14.6 Å². The number of nitrogens with zero attached hydrogens (tertiary/aromatic N) is 3. The molecule has 162 valence electrons. The topological polar surface area (TPSA) is 94.4 Å². The van der Waals surface area contributed by atoms with E-state index in [9.17, 15) is 9.90 Å². The van der Waals surface area contributed by atoms with Gasteiger partial charge in [-0.3, -0.25) is 4.98 Å². The van der Waals surface area contributed by atoms with E-state index >= 15 is 0 Å². The number of aromatic carboxylic acids is 1. The number of carboxylic acids is 1. The summed E-state index contributed by atoms with van der Waals surface area (Å²) in [6, 6.07) is 10.2. The minimum absolute atomic E-state index is 0.0802. The van der Waals surface area contributed by atoms with Crippen LogP contribution in [0.3, 0.4) is 0 Å². The molecule has 2 heterocycles. The summed E-state index contributed by atoms with van der Waals surface area (Å²) in [5.74, 6) is -0.0465. The Labute approximate surface area is 193 Å². The normalized spacial score (nSPS) is 10.9. The number of hydrogen-bond acceptors (Lipinski definition) is 6. The van der Waals surface area contributed by atoms with Gasteiger partial charge in [0, 0.05) is 35.2 Å². The van der Waals surface area contributed by atoms with Gasteiger partial charge in [-0.05, 0) is 42.0 Å². The number of carbonyl (C=O) groups is 1. The Hall–Kier alpha value is -3.42. The third kappa shape index (κ3) is 4.17. The van der Waals surface area contributed by atoms with Crippen molar-refractivity contribution < 1.29 is 19.4 Å². The minimum Gasteiger partial charge on any atom is -0.497 e. The van der Waals surface area contributed by atoms with E-state index in [2.05, 4.69) is 15.2 Å². The number of fused-ring (bicyclic) bond motifs is 1. The van der Waals surface area contributed by atoms with E-state index in [1.54, 1.807) is 13.2 Å². The van der Waals surface area contributed by atoms with E-state index in [4.69, 9.17) is 32.7 Å². The molecule has 0 radical (unpaired) electrons. The van der Waals surface area contributed by atoms with Crippen molar-refractivity contribution in [3.8, 4) is 22.8 Å². The largest absolute Gasteiger partial charge is 0.497 e. The van der Waals surface area contributed by atoms with E-state index in [0.29, 0.717) is 50.5 Å². The van der Waals surface area contributed by atoms with Crippen molar-refractivity contribution >= 4 is 39.9 Å². The molecule has 2 aromatic heterocycles. The quantitative estimate of drug-likeness (QED) is 0.408. The maximum absolute atomic E-state index is 11.6. The zero-order valence-corrected chi connectivity index (χ0v) is 18.6. The molecule has 32 heavy (non-hydrogen) atoms. The van der Waals surface area contributed by atoms with Crippen LogP contribution in [-0.4, -0.2) is 40.5 Å². The number of benzene rings is 2.